The summed E-state index contributed by atoms with van der Waals surface area (Å²) in [7, 11) is 0. The lowest BCUT2D eigenvalue weighted by Crippen LogP contribution is -2.56. The van der Waals surface area contributed by atoms with Gasteiger partial charge in [-0.05, 0) is 24.1 Å². The highest BCUT2D eigenvalue weighted by Crippen LogP contribution is 2.43. The van der Waals surface area contributed by atoms with E-state index in [9.17, 15) is 49.4 Å². The summed E-state index contributed by atoms with van der Waals surface area (Å²) in [5.74, 6) is -3.77. The summed E-state index contributed by atoms with van der Waals surface area (Å²) in [5, 5.41) is 9.29. The number of benzene rings is 1. The molecule has 1 aromatic carbocycles. The number of piperazine rings is 1. The van der Waals surface area contributed by atoms with E-state index >= 15 is 0 Å². The fraction of sp³-hybridized carbons (Fsp3) is 0.667. The van der Waals surface area contributed by atoms with Crippen LogP contribution < -0.4 is 4.90 Å². The first-order chi connectivity index (χ1) is 16.6. The number of amides is 1. The molecule has 0 unspecified atom stereocenters. The van der Waals surface area contributed by atoms with E-state index in [1.165, 1.54) is 17.0 Å². The SMILES string of the molecule is O=C(O)N1CCN(Cc2ccc(N3CCOCC3)cc2C(F)(F)F)C[C@H]1CC(C(F)(F)F)C(F)(F)F. The molecular weight excluding hydrogens is 513 g/mol. The molecule has 2 heterocycles. The molecule has 2 aliphatic heterocycles. The van der Waals surface area contributed by atoms with E-state index in [4.69, 9.17) is 4.74 Å². The molecule has 36 heavy (non-hydrogen) atoms. The molecule has 1 N–H and O–H groups in total. The molecule has 0 spiro atoms. The number of carbonyl (C=O) groups is 1. The monoisotopic (exact) mass is 537 g/mol. The Morgan fingerprint density at radius 1 is 0.972 bits per heavy atom. The predicted molar refractivity (Wildman–Crippen MR) is 108 cm³/mol. The van der Waals surface area contributed by atoms with Crippen molar-refractivity contribution in [2.45, 2.75) is 37.5 Å². The molecule has 15 heteroatoms. The maximum Gasteiger partial charge on any atom is 0.416 e. The van der Waals surface area contributed by atoms with Gasteiger partial charge in [0.1, 0.15) is 0 Å². The van der Waals surface area contributed by atoms with Crippen molar-refractivity contribution in [3.63, 3.8) is 0 Å². The minimum Gasteiger partial charge on any atom is -0.465 e. The Morgan fingerprint density at radius 3 is 2.11 bits per heavy atom. The van der Waals surface area contributed by atoms with Crippen LogP contribution >= 0.6 is 0 Å². The number of alkyl halides is 9. The zero-order chi connectivity index (χ0) is 26.9. The van der Waals surface area contributed by atoms with Gasteiger partial charge < -0.3 is 19.6 Å². The summed E-state index contributed by atoms with van der Waals surface area (Å²) in [6.45, 7) is -0.166. The molecule has 1 amide bonds. The van der Waals surface area contributed by atoms with Crippen LogP contribution in [0.1, 0.15) is 17.5 Å². The Balaban J connectivity index is 1.83. The van der Waals surface area contributed by atoms with Crippen LogP contribution in [0.3, 0.4) is 0 Å². The average molecular weight is 537 g/mol. The van der Waals surface area contributed by atoms with Gasteiger partial charge in [-0.1, -0.05) is 6.07 Å². The predicted octanol–water partition coefficient (Wildman–Crippen LogP) is 4.84. The fourth-order valence-electron chi connectivity index (χ4n) is 4.47. The van der Waals surface area contributed by atoms with Crippen molar-refractivity contribution in [3.05, 3.63) is 29.3 Å². The maximum absolute atomic E-state index is 13.8. The number of nitrogens with zero attached hydrogens (tertiary/aromatic N) is 3. The summed E-state index contributed by atoms with van der Waals surface area (Å²) in [5.41, 5.74) is -0.890. The zero-order valence-electron chi connectivity index (χ0n) is 18.8. The van der Waals surface area contributed by atoms with E-state index in [0.29, 0.717) is 36.9 Å². The molecule has 3 rings (SSSR count). The minimum atomic E-state index is -5.66. The summed E-state index contributed by atoms with van der Waals surface area (Å²) in [6.07, 6.45) is -19.4. The summed E-state index contributed by atoms with van der Waals surface area (Å²) < 4.78 is 125. The zero-order valence-corrected chi connectivity index (χ0v) is 18.8. The van der Waals surface area contributed by atoms with Gasteiger partial charge in [0.2, 0.25) is 0 Å². The maximum atomic E-state index is 13.8. The van der Waals surface area contributed by atoms with E-state index < -0.39 is 68.2 Å². The Kier molecular flexibility index (Phi) is 8.23. The molecule has 2 fully saturated rings. The fourth-order valence-corrected chi connectivity index (χ4v) is 4.47. The van der Waals surface area contributed by atoms with Crippen LogP contribution in [0.15, 0.2) is 18.2 Å². The number of morpholine rings is 1. The molecular formula is C21H24F9N3O3. The van der Waals surface area contributed by atoms with Gasteiger partial charge in [-0.2, -0.15) is 39.5 Å². The van der Waals surface area contributed by atoms with Crippen molar-refractivity contribution < 1.29 is 54.2 Å². The van der Waals surface area contributed by atoms with Gasteiger partial charge in [-0.25, -0.2) is 4.79 Å². The Hall–Kier alpha value is -2.42. The van der Waals surface area contributed by atoms with Gasteiger partial charge in [0, 0.05) is 51.0 Å². The molecule has 0 bridgehead atoms. The second-order valence-corrected chi connectivity index (χ2v) is 8.68. The van der Waals surface area contributed by atoms with Crippen LogP contribution in [0.4, 0.5) is 50.0 Å². The van der Waals surface area contributed by atoms with Crippen LogP contribution in [0.25, 0.3) is 0 Å². The van der Waals surface area contributed by atoms with Crippen molar-refractivity contribution in [1.82, 2.24) is 9.80 Å². The normalized spacial score (nSPS) is 20.8. The van der Waals surface area contributed by atoms with Crippen molar-refractivity contribution in [2.75, 3.05) is 50.8 Å². The second kappa shape index (κ2) is 10.5. The number of rotatable bonds is 5. The highest BCUT2D eigenvalue weighted by Gasteiger charge is 2.57. The number of carboxylic acid groups (broad SMARTS) is 1. The third-order valence-corrected chi connectivity index (χ3v) is 6.28. The molecule has 204 valence electrons. The number of hydrogen-bond acceptors (Lipinski definition) is 4. The molecule has 1 aromatic rings. The number of ether oxygens (including phenoxy) is 1. The van der Waals surface area contributed by atoms with Gasteiger partial charge in [0.05, 0.1) is 18.8 Å². The molecule has 2 aliphatic rings. The first-order valence-electron chi connectivity index (χ1n) is 11.0. The minimum absolute atomic E-state index is 0.159. The lowest BCUT2D eigenvalue weighted by Gasteiger charge is -2.42. The first-order valence-corrected chi connectivity index (χ1v) is 11.0. The first kappa shape index (κ1) is 28.2. The molecule has 0 radical (unpaired) electrons. The van der Waals surface area contributed by atoms with Gasteiger partial charge in [0.25, 0.3) is 0 Å². The molecule has 0 aliphatic carbocycles. The third kappa shape index (κ3) is 6.87. The van der Waals surface area contributed by atoms with Gasteiger partial charge >= 0.3 is 24.6 Å². The highest BCUT2D eigenvalue weighted by molar-refractivity contribution is 5.65. The Labute approximate surface area is 200 Å². The standard InChI is InChI=1S/C21H24F9N3O3/c22-19(23,24)16-9-14(32-5-7-36-8-6-32)2-1-13(16)11-31-3-4-33(18(34)35)15(12-31)10-17(20(25,26)27)21(28,29)30/h1-2,9,15,17H,3-8,10-12H2,(H,34,35)/t15-/m1/s1. The number of anilines is 1. The van der Waals surface area contributed by atoms with E-state index in [1.807, 2.05) is 0 Å². The van der Waals surface area contributed by atoms with Crippen molar-refractivity contribution in [1.29, 1.82) is 0 Å². The molecule has 2 saturated heterocycles. The largest absolute Gasteiger partial charge is 0.465 e. The number of hydrogen-bond donors (Lipinski definition) is 1. The molecule has 0 saturated carbocycles. The second-order valence-electron chi connectivity index (χ2n) is 8.68. The van der Waals surface area contributed by atoms with E-state index in [2.05, 4.69) is 0 Å². The van der Waals surface area contributed by atoms with Crippen LogP contribution in [-0.4, -0.2) is 85.3 Å². The van der Waals surface area contributed by atoms with Crippen LogP contribution in [0, 0.1) is 5.92 Å². The Morgan fingerprint density at radius 2 is 1.58 bits per heavy atom. The van der Waals surface area contributed by atoms with E-state index in [0.717, 1.165) is 6.07 Å². The quantitative estimate of drug-likeness (QED) is 0.546. The van der Waals surface area contributed by atoms with Crippen molar-refractivity contribution >= 4 is 11.8 Å². The van der Waals surface area contributed by atoms with Crippen molar-refractivity contribution in [3.8, 4) is 0 Å². The smallest absolute Gasteiger partial charge is 0.416 e. The average Bonchev–Trinajstić information content (AvgIpc) is 2.76. The topological polar surface area (TPSA) is 56.2 Å². The van der Waals surface area contributed by atoms with Crippen molar-refractivity contribution in [2.24, 2.45) is 5.92 Å². The van der Waals surface area contributed by atoms with E-state index in [1.54, 1.807) is 4.90 Å². The lowest BCUT2D eigenvalue weighted by molar-refractivity contribution is -0.288. The van der Waals surface area contributed by atoms with Crippen LogP contribution in [0.5, 0.6) is 0 Å². The van der Waals surface area contributed by atoms with Crippen LogP contribution in [-0.2, 0) is 17.5 Å². The summed E-state index contributed by atoms with van der Waals surface area (Å²) >= 11 is 0. The molecule has 1 atom stereocenters. The summed E-state index contributed by atoms with van der Waals surface area (Å²) in [4.78, 5) is 14.9. The van der Waals surface area contributed by atoms with Crippen LogP contribution in [0.2, 0.25) is 0 Å². The Bertz CT molecular complexity index is 901. The molecule has 0 aromatic heterocycles. The van der Waals surface area contributed by atoms with Gasteiger partial charge in [0.15, 0.2) is 5.92 Å². The highest BCUT2D eigenvalue weighted by atomic mass is 19.4. The van der Waals surface area contributed by atoms with Gasteiger partial charge in [-0.15, -0.1) is 0 Å². The molecule has 6 nitrogen and oxygen atoms in total. The van der Waals surface area contributed by atoms with E-state index in [-0.39, 0.29) is 12.1 Å². The summed E-state index contributed by atoms with van der Waals surface area (Å²) in [6, 6.07) is 1.92. The third-order valence-electron chi connectivity index (χ3n) is 6.28. The number of halogens is 9. The van der Waals surface area contributed by atoms with Gasteiger partial charge in [-0.3, -0.25) is 4.90 Å². The lowest BCUT2D eigenvalue weighted by atomic mass is 9.95.